The molecule has 0 atom stereocenters. The Morgan fingerprint density at radius 3 is 1.36 bits per heavy atom. The number of carbonyl (C=O) groups excluding carboxylic acids is 2. The first kappa shape index (κ1) is 22.9. The zero-order valence-electron chi connectivity index (χ0n) is 14.5. The first-order valence-electron chi connectivity index (χ1n) is 7.16. The molecular formula is C14H31N3O5. The van der Waals surface area contributed by atoms with Gasteiger partial charge in [-0.1, -0.05) is 0 Å². The van der Waals surface area contributed by atoms with Crippen molar-refractivity contribution in [3.05, 3.63) is 0 Å². The third kappa shape index (κ3) is 20.9. The largest absolute Gasteiger partial charge is 0.519 e. The number of nitrogens with one attached hydrogen (secondary N) is 1. The van der Waals surface area contributed by atoms with Gasteiger partial charge in [-0.15, -0.1) is 0 Å². The van der Waals surface area contributed by atoms with Crippen LogP contribution in [0, 0.1) is 0 Å². The molecule has 0 aliphatic carbocycles. The normalized spacial score (nSPS) is 11.1. The maximum Gasteiger partial charge on any atom is 0.519 e. The number of rotatable bonds is 4. The van der Waals surface area contributed by atoms with E-state index in [0.29, 0.717) is 13.1 Å². The Balaban J connectivity index is 0. The lowest BCUT2D eigenvalue weighted by Gasteiger charge is -2.20. The Bertz CT molecular complexity index is 291. The number of ether oxygens (including phenoxy) is 3. The fourth-order valence-corrected chi connectivity index (χ4v) is 0.939. The molecule has 0 rings (SSSR count). The van der Waals surface area contributed by atoms with E-state index in [1.54, 1.807) is 41.5 Å². The topological polar surface area (TPSA) is 126 Å². The lowest BCUT2D eigenvalue weighted by molar-refractivity contribution is -0.0293. The van der Waals surface area contributed by atoms with Gasteiger partial charge in [-0.3, -0.25) is 0 Å². The second kappa shape index (κ2) is 11.2. The second-order valence-corrected chi connectivity index (χ2v) is 6.36. The molecule has 0 heterocycles. The van der Waals surface area contributed by atoms with E-state index in [-0.39, 0.29) is 0 Å². The molecule has 0 spiro atoms. The van der Waals surface area contributed by atoms with Gasteiger partial charge in [0.1, 0.15) is 11.2 Å². The summed E-state index contributed by atoms with van der Waals surface area (Å²) in [5.41, 5.74) is 8.94. The molecule has 0 aliphatic rings. The van der Waals surface area contributed by atoms with E-state index in [4.69, 9.17) is 20.9 Å². The molecule has 0 saturated carbocycles. The Labute approximate surface area is 132 Å². The Morgan fingerprint density at radius 1 is 0.818 bits per heavy atom. The lowest BCUT2D eigenvalue weighted by atomic mass is 10.2. The van der Waals surface area contributed by atoms with Crippen LogP contribution in [0.5, 0.6) is 0 Å². The van der Waals surface area contributed by atoms with E-state index in [0.717, 1.165) is 13.1 Å². The van der Waals surface area contributed by atoms with Gasteiger partial charge in [0.15, 0.2) is 0 Å². The van der Waals surface area contributed by atoms with Crippen molar-refractivity contribution >= 4 is 12.3 Å². The fourth-order valence-electron chi connectivity index (χ4n) is 0.939. The molecule has 22 heavy (non-hydrogen) atoms. The second-order valence-electron chi connectivity index (χ2n) is 6.36. The van der Waals surface area contributed by atoms with Gasteiger partial charge in [0, 0.05) is 26.2 Å². The van der Waals surface area contributed by atoms with Gasteiger partial charge >= 0.3 is 12.3 Å². The van der Waals surface area contributed by atoms with Crippen LogP contribution in [0.4, 0.5) is 9.59 Å². The molecule has 5 N–H and O–H groups in total. The van der Waals surface area contributed by atoms with Crippen molar-refractivity contribution in [3.63, 3.8) is 0 Å². The van der Waals surface area contributed by atoms with Gasteiger partial charge in [0.05, 0.1) is 0 Å². The summed E-state index contributed by atoms with van der Waals surface area (Å²) in [4.78, 5) is 22.0. The Morgan fingerprint density at radius 2 is 1.14 bits per heavy atom. The van der Waals surface area contributed by atoms with Crippen LogP contribution in [-0.4, -0.2) is 49.7 Å². The summed E-state index contributed by atoms with van der Waals surface area (Å²) < 4.78 is 13.8. The van der Waals surface area contributed by atoms with Gasteiger partial charge in [-0.25, -0.2) is 9.59 Å². The van der Waals surface area contributed by atoms with Gasteiger partial charge in [-0.2, -0.15) is 0 Å². The third-order valence-corrected chi connectivity index (χ3v) is 1.59. The molecule has 0 saturated heterocycles. The fraction of sp³-hybridized carbons (Fsp3) is 0.857. The molecule has 132 valence electrons. The molecule has 0 aromatic heterocycles. The highest BCUT2D eigenvalue weighted by molar-refractivity contribution is 5.77. The van der Waals surface area contributed by atoms with E-state index in [9.17, 15) is 9.59 Å². The minimum Gasteiger partial charge on any atom is -0.428 e. The van der Waals surface area contributed by atoms with Gasteiger partial charge in [0.2, 0.25) is 0 Å². The summed E-state index contributed by atoms with van der Waals surface area (Å²) in [6.45, 7) is 13.2. The summed E-state index contributed by atoms with van der Waals surface area (Å²) in [6.07, 6.45) is -2.12. The van der Waals surface area contributed by atoms with Crippen molar-refractivity contribution in [2.24, 2.45) is 11.5 Å². The standard InChI is InChI=1S/C10H18O5.C4H13N3/c1-9(2,3)14-7(11)13-8(12)15-10(4,5)6;5-1-3-7-4-2-6/h1-6H3;7H,1-6H2. The summed E-state index contributed by atoms with van der Waals surface area (Å²) >= 11 is 0. The van der Waals surface area contributed by atoms with E-state index < -0.39 is 23.5 Å². The number of hydrogen-bond donors (Lipinski definition) is 3. The highest BCUT2D eigenvalue weighted by Gasteiger charge is 2.24. The number of carbonyl (C=O) groups is 2. The molecule has 0 aromatic rings. The predicted molar refractivity (Wildman–Crippen MR) is 84.5 cm³/mol. The number of hydrogen-bond acceptors (Lipinski definition) is 8. The maximum absolute atomic E-state index is 11.0. The summed E-state index contributed by atoms with van der Waals surface area (Å²) in [5.74, 6) is 0. The van der Waals surface area contributed by atoms with E-state index in [1.165, 1.54) is 0 Å². The highest BCUT2D eigenvalue weighted by atomic mass is 16.8. The average Bonchev–Trinajstić information content (AvgIpc) is 2.24. The van der Waals surface area contributed by atoms with Crippen LogP contribution in [0.1, 0.15) is 41.5 Å². The molecule has 0 aliphatic heterocycles. The third-order valence-electron chi connectivity index (χ3n) is 1.59. The zero-order valence-corrected chi connectivity index (χ0v) is 14.5. The molecule has 0 amide bonds. The maximum atomic E-state index is 11.0. The molecular weight excluding hydrogens is 290 g/mol. The molecule has 0 radical (unpaired) electrons. The zero-order chi connectivity index (χ0) is 17.8. The van der Waals surface area contributed by atoms with Crippen molar-refractivity contribution in [1.29, 1.82) is 0 Å². The van der Waals surface area contributed by atoms with Crippen molar-refractivity contribution < 1.29 is 23.8 Å². The minimum absolute atomic E-state index is 0.694. The molecule has 8 heteroatoms. The Hall–Kier alpha value is -1.38. The smallest absolute Gasteiger partial charge is 0.428 e. The van der Waals surface area contributed by atoms with Gasteiger partial charge < -0.3 is 31.0 Å². The molecule has 0 unspecified atom stereocenters. The first-order chi connectivity index (χ1) is 9.91. The lowest BCUT2D eigenvalue weighted by Crippen LogP contribution is -2.29. The number of nitrogens with two attached hydrogens (primary N) is 2. The van der Waals surface area contributed by atoms with Crippen molar-refractivity contribution in [2.75, 3.05) is 26.2 Å². The van der Waals surface area contributed by atoms with Crippen molar-refractivity contribution in [2.45, 2.75) is 52.7 Å². The van der Waals surface area contributed by atoms with Crippen molar-refractivity contribution in [3.8, 4) is 0 Å². The quantitative estimate of drug-likeness (QED) is 0.402. The van der Waals surface area contributed by atoms with E-state index in [2.05, 4.69) is 10.1 Å². The van der Waals surface area contributed by atoms with Crippen LogP contribution in [0.25, 0.3) is 0 Å². The SMILES string of the molecule is CC(C)(C)OC(=O)OC(=O)OC(C)(C)C.NCCNCCN. The van der Waals surface area contributed by atoms with Crippen LogP contribution in [0.3, 0.4) is 0 Å². The first-order valence-corrected chi connectivity index (χ1v) is 7.16. The minimum atomic E-state index is -1.06. The molecule has 0 fully saturated rings. The molecule has 0 bridgehead atoms. The van der Waals surface area contributed by atoms with Crippen LogP contribution in [0.2, 0.25) is 0 Å². The molecule has 8 nitrogen and oxygen atoms in total. The predicted octanol–water partition coefficient (Wildman–Crippen LogP) is 1.37. The summed E-state index contributed by atoms with van der Waals surface area (Å²) in [5, 5.41) is 3.03. The van der Waals surface area contributed by atoms with E-state index in [1.807, 2.05) is 0 Å². The van der Waals surface area contributed by atoms with Crippen LogP contribution >= 0.6 is 0 Å². The molecule has 0 aromatic carbocycles. The average molecular weight is 321 g/mol. The highest BCUT2D eigenvalue weighted by Crippen LogP contribution is 2.11. The summed E-state index contributed by atoms with van der Waals surface area (Å²) in [6, 6.07) is 0. The monoisotopic (exact) mass is 321 g/mol. The van der Waals surface area contributed by atoms with Gasteiger partial charge in [-0.05, 0) is 41.5 Å². The van der Waals surface area contributed by atoms with Crippen molar-refractivity contribution in [1.82, 2.24) is 5.32 Å². The Kier molecular flexibility index (Phi) is 11.7. The van der Waals surface area contributed by atoms with Crippen LogP contribution < -0.4 is 16.8 Å². The van der Waals surface area contributed by atoms with E-state index >= 15 is 0 Å². The van der Waals surface area contributed by atoms with Crippen LogP contribution in [-0.2, 0) is 14.2 Å². The van der Waals surface area contributed by atoms with Crippen LogP contribution in [0.15, 0.2) is 0 Å². The van der Waals surface area contributed by atoms with Gasteiger partial charge in [0.25, 0.3) is 0 Å². The summed E-state index contributed by atoms with van der Waals surface area (Å²) in [7, 11) is 0.